The van der Waals surface area contributed by atoms with Crippen molar-refractivity contribution in [2.75, 3.05) is 13.2 Å². The number of pyridine rings is 1. The molecule has 0 saturated carbocycles. The van der Waals surface area contributed by atoms with E-state index in [1.165, 1.54) is 11.1 Å². The van der Waals surface area contributed by atoms with E-state index in [1.807, 2.05) is 12.4 Å². The van der Waals surface area contributed by atoms with Gasteiger partial charge in [0.1, 0.15) is 0 Å². The molecule has 108 valence electrons. The minimum absolute atomic E-state index is 0.226. The lowest BCUT2D eigenvalue weighted by atomic mass is 9.96. The maximum atomic E-state index is 5.96. The summed E-state index contributed by atoms with van der Waals surface area (Å²) < 4.78 is 5.96. The van der Waals surface area contributed by atoms with E-state index in [-0.39, 0.29) is 12.1 Å². The van der Waals surface area contributed by atoms with Crippen molar-refractivity contribution in [1.82, 2.24) is 10.3 Å². The van der Waals surface area contributed by atoms with Crippen LogP contribution in [0.1, 0.15) is 57.2 Å². The van der Waals surface area contributed by atoms with Crippen molar-refractivity contribution in [3.63, 3.8) is 0 Å². The van der Waals surface area contributed by atoms with Crippen LogP contribution >= 0.6 is 0 Å². The summed E-state index contributed by atoms with van der Waals surface area (Å²) in [6.07, 6.45) is 7.39. The average Bonchev–Trinajstić information content (AvgIpc) is 2.41. The Bertz CT molecular complexity index is 348. The summed E-state index contributed by atoms with van der Waals surface area (Å²) in [4.78, 5) is 4.28. The zero-order valence-corrected chi connectivity index (χ0v) is 12.8. The molecule has 0 bridgehead atoms. The van der Waals surface area contributed by atoms with Gasteiger partial charge < -0.3 is 10.1 Å². The first kappa shape index (κ1) is 16.1. The zero-order valence-electron chi connectivity index (χ0n) is 12.8. The van der Waals surface area contributed by atoms with Gasteiger partial charge >= 0.3 is 0 Å². The van der Waals surface area contributed by atoms with Gasteiger partial charge in [-0.3, -0.25) is 4.98 Å². The predicted octanol–water partition coefficient (Wildman–Crippen LogP) is 3.64. The van der Waals surface area contributed by atoms with E-state index in [4.69, 9.17) is 4.74 Å². The van der Waals surface area contributed by atoms with Crippen LogP contribution in [-0.4, -0.2) is 24.2 Å². The van der Waals surface area contributed by atoms with Gasteiger partial charge in [-0.1, -0.05) is 20.3 Å². The van der Waals surface area contributed by atoms with Crippen molar-refractivity contribution in [2.45, 2.75) is 59.1 Å². The highest BCUT2D eigenvalue weighted by Gasteiger charge is 2.23. The Kier molecular flexibility index (Phi) is 7.68. The Morgan fingerprint density at radius 2 is 2.05 bits per heavy atom. The SMILES string of the molecule is CCCNC(c1cnccc1C)C(CCC)OCC. The van der Waals surface area contributed by atoms with Crippen LogP contribution in [0.25, 0.3) is 0 Å². The molecule has 0 fully saturated rings. The van der Waals surface area contributed by atoms with E-state index in [2.05, 4.69) is 44.1 Å². The van der Waals surface area contributed by atoms with Crippen LogP contribution in [0.4, 0.5) is 0 Å². The Hall–Kier alpha value is -0.930. The molecule has 0 aliphatic heterocycles. The molecule has 2 atom stereocenters. The first-order valence-electron chi connectivity index (χ1n) is 7.50. The van der Waals surface area contributed by atoms with Gasteiger partial charge in [0.2, 0.25) is 0 Å². The highest BCUT2D eigenvalue weighted by molar-refractivity contribution is 5.26. The van der Waals surface area contributed by atoms with Crippen LogP contribution in [-0.2, 0) is 4.74 Å². The highest BCUT2D eigenvalue weighted by atomic mass is 16.5. The lowest BCUT2D eigenvalue weighted by Gasteiger charge is -2.29. The lowest BCUT2D eigenvalue weighted by Crippen LogP contribution is -2.35. The maximum absolute atomic E-state index is 5.96. The van der Waals surface area contributed by atoms with Gasteiger partial charge in [0.15, 0.2) is 0 Å². The standard InChI is InChI=1S/C16H28N2O/c1-5-8-15(19-7-3)16(18-10-6-2)14-12-17-11-9-13(14)4/h9,11-12,15-16,18H,5-8,10H2,1-4H3. The third kappa shape index (κ3) is 4.92. The molecule has 0 radical (unpaired) electrons. The molecule has 19 heavy (non-hydrogen) atoms. The fourth-order valence-corrected chi connectivity index (χ4v) is 2.39. The van der Waals surface area contributed by atoms with Crippen molar-refractivity contribution in [3.05, 3.63) is 29.6 Å². The second kappa shape index (κ2) is 9.05. The molecule has 0 saturated heterocycles. The normalized spacial score (nSPS) is 14.3. The minimum Gasteiger partial charge on any atom is -0.377 e. The van der Waals surface area contributed by atoms with E-state index in [0.29, 0.717) is 0 Å². The smallest absolute Gasteiger partial charge is 0.0770 e. The molecule has 1 aromatic heterocycles. The Labute approximate surface area is 117 Å². The molecule has 0 amide bonds. The molecular formula is C16H28N2O. The monoisotopic (exact) mass is 264 g/mol. The average molecular weight is 264 g/mol. The van der Waals surface area contributed by atoms with Crippen LogP contribution < -0.4 is 5.32 Å². The molecule has 0 aliphatic carbocycles. The van der Waals surface area contributed by atoms with E-state index < -0.39 is 0 Å². The summed E-state index contributed by atoms with van der Waals surface area (Å²) >= 11 is 0. The molecule has 3 heteroatoms. The molecule has 1 heterocycles. The zero-order chi connectivity index (χ0) is 14.1. The van der Waals surface area contributed by atoms with Crippen molar-refractivity contribution >= 4 is 0 Å². The summed E-state index contributed by atoms with van der Waals surface area (Å²) in [6, 6.07) is 2.32. The number of nitrogens with zero attached hydrogens (tertiary/aromatic N) is 1. The summed E-state index contributed by atoms with van der Waals surface area (Å²) in [5.74, 6) is 0. The fourth-order valence-electron chi connectivity index (χ4n) is 2.39. The van der Waals surface area contributed by atoms with Gasteiger partial charge in [0, 0.05) is 19.0 Å². The lowest BCUT2D eigenvalue weighted by molar-refractivity contribution is 0.0274. The van der Waals surface area contributed by atoms with Gasteiger partial charge in [-0.15, -0.1) is 0 Å². The Morgan fingerprint density at radius 3 is 2.63 bits per heavy atom. The number of aromatic nitrogens is 1. The molecule has 1 rings (SSSR count). The molecule has 0 aliphatic rings. The van der Waals surface area contributed by atoms with E-state index >= 15 is 0 Å². The van der Waals surface area contributed by atoms with Crippen LogP contribution in [0.15, 0.2) is 18.5 Å². The Balaban J connectivity index is 2.94. The van der Waals surface area contributed by atoms with Gasteiger partial charge in [0.05, 0.1) is 12.1 Å². The number of nitrogens with one attached hydrogen (secondary N) is 1. The van der Waals surface area contributed by atoms with Crippen molar-refractivity contribution in [3.8, 4) is 0 Å². The third-order valence-electron chi connectivity index (χ3n) is 3.35. The number of ether oxygens (including phenoxy) is 1. The summed E-state index contributed by atoms with van der Waals surface area (Å²) in [7, 11) is 0. The van der Waals surface area contributed by atoms with E-state index in [1.54, 1.807) is 0 Å². The first-order valence-corrected chi connectivity index (χ1v) is 7.50. The van der Waals surface area contributed by atoms with E-state index in [9.17, 15) is 0 Å². The van der Waals surface area contributed by atoms with Gasteiger partial charge in [-0.2, -0.15) is 0 Å². The topological polar surface area (TPSA) is 34.2 Å². The molecular weight excluding hydrogens is 236 g/mol. The fraction of sp³-hybridized carbons (Fsp3) is 0.688. The van der Waals surface area contributed by atoms with Gasteiger partial charge in [-0.05, 0) is 50.4 Å². The largest absolute Gasteiger partial charge is 0.377 e. The van der Waals surface area contributed by atoms with E-state index in [0.717, 1.165) is 32.4 Å². The predicted molar refractivity (Wildman–Crippen MR) is 80.3 cm³/mol. The minimum atomic E-state index is 0.226. The second-order valence-corrected chi connectivity index (χ2v) is 4.95. The molecule has 2 unspecified atom stereocenters. The molecule has 3 nitrogen and oxygen atoms in total. The second-order valence-electron chi connectivity index (χ2n) is 4.95. The summed E-state index contributed by atoms with van der Waals surface area (Å²) in [5, 5.41) is 3.63. The summed E-state index contributed by atoms with van der Waals surface area (Å²) in [5.41, 5.74) is 2.55. The third-order valence-corrected chi connectivity index (χ3v) is 3.35. The quantitative estimate of drug-likeness (QED) is 0.739. The molecule has 1 aromatic rings. The van der Waals surface area contributed by atoms with Crippen molar-refractivity contribution < 1.29 is 4.74 Å². The van der Waals surface area contributed by atoms with Crippen LogP contribution in [0.2, 0.25) is 0 Å². The van der Waals surface area contributed by atoms with Gasteiger partial charge in [0.25, 0.3) is 0 Å². The van der Waals surface area contributed by atoms with Crippen molar-refractivity contribution in [1.29, 1.82) is 0 Å². The Morgan fingerprint density at radius 1 is 1.26 bits per heavy atom. The molecule has 0 spiro atoms. The number of hydrogen-bond donors (Lipinski definition) is 1. The summed E-state index contributed by atoms with van der Waals surface area (Å²) in [6.45, 7) is 10.4. The van der Waals surface area contributed by atoms with Crippen LogP contribution in [0.3, 0.4) is 0 Å². The van der Waals surface area contributed by atoms with Crippen LogP contribution in [0.5, 0.6) is 0 Å². The molecule has 0 aromatic carbocycles. The van der Waals surface area contributed by atoms with Gasteiger partial charge in [-0.25, -0.2) is 0 Å². The number of hydrogen-bond acceptors (Lipinski definition) is 3. The van der Waals surface area contributed by atoms with Crippen molar-refractivity contribution in [2.24, 2.45) is 0 Å². The highest BCUT2D eigenvalue weighted by Crippen LogP contribution is 2.25. The maximum Gasteiger partial charge on any atom is 0.0770 e. The number of rotatable bonds is 9. The first-order chi connectivity index (χ1) is 9.24. The molecule has 1 N–H and O–H groups in total. The van der Waals surface area contributed by atoms with Crippen LogP contribution in [0, 0.1) is 6.92 Å². The number of aryl methyl sites for hydroxylation is 1.